The summed E-state index contributed by atoms with van der Waals surface area (Å²) in [5, 5.41) is 5.41. The summed E-state index contributed by atoms with van der Waals surface area (Å²) in [6.45, 7) is 8.47. The molecule has 0 radical (unpaired) electrons. The molecule has 0 aliphatic heterocycles. The van der Waals surface area contributed by atoms with Crippen LogP contribution < -0.4 is 16.4 Å². The van der Waals surface area contributed by atoms with Gasteiger partial charge in [-0.15, -0.1) is 0 Å². The van der Waals surface area contributed by atoms with E-state index in [1.165, 1.54) is 0 Å². The third kappa shape index (κ3) is 7.15. The second-order valence-corrected chi connectivity index (χ2v) is 5.87. The van der Waals surface area contributed by atoms with Crippen LogP contribution in [0.2, 0.25) is 0 Å². The van der Waals surface area contributed by atoms with E-state index in [0.29, 0.717) is 24.8 Å². The summed E-state index contributed by atoms with van der Waals surface area (Å²) in [6, 6.07) is -0.473. The van der Waals surface area contributed by atoms with Crippen molar-refractivity contribution in [3.8, 4) is 0 Å². The van der Waals surface area contributed by atoms with Crippen LogP contribution in [0.1, 0.15) is 40.5 Å². The first-order chi connectivity index (χ1) is 8.81. The number of hydrogen-bond donors (Lipinski definition) is 3. The van der Waals surface area contributed by atoms with Crippen molar-refractivity contribution in [1.82, 2.24) is 10.6 Å². The SMILES string of the molecule is CNC(=O)C(CC(C)C)NC(=O)C(CN)CC(C)C. The lowest BCUT2D eigenvalue weighted by Gasteiger charge is -2.23. The zero-order valence-electron chi connectivity index (χ0n) is 12.8. The maximum Gasteiger partial charge on any atom is 0.242 e. The predicted molar refractivity (Wildman–Crippen MR) is 77.5 cm³/mol. The minimum Gasteiger partial charge on any atom is -0.357 e. The Morgan fingerprint density at radius 1 is 1.00 bits per heavy atom. The van der Waals surface area contributed by atoms with Crippen LogP contribution in [0.15, 0.2) is 0 Å². The van der Waals surface area contributed by atoms with Gasteiger partial charge in [-0.1, -0.05) is 27.7 Å². The van der Waals surface area contributed by atoms with Gasteiger partial charge in [-0.25, -0.2) is 0 Å². The smallest absolute Gasteiger partial charge is 0.242 e. The lowest BCUT2D eigenvalue weighted by Crippen LogP contribution is -2.49. The summed E-state index contributed by atoms with van der Waals surface area (Å²) in [5.41, 5.74) is 5.65. The van der Waals surface area contributed by atoms with Crippen LogP contribution >= 0.6 is 0 Å². The first-order valence-electron chi connectivity index (χ1n) is 7.03. The number of likely N-dealkylation sites (N-methyl/N-ethyl adjacent to an activating group) is 1. The van der Waals surface area contributed by atoms with Gasteiger partial charge in [-0.2, -0.15) is 0 Å². The molecule has 5 nitrogen and oxygen atoms in total. The molecule has 0 saturated heterocycles. The summed E-state index contributed by atoms with van der Waals surface area (Å²) in [5.74, 6) is 0.249. The van der Waals surface area contributed by atoms with Crippen molar-refractivity contribution >= 4 is 11.8 Å². The fraction of sp³-hybridized carbons (Fsp3) is 0.857. The van der Waals surface area contributed by atoms with Crippen molar-refractivity contribution in [3.05, 3.63) is 0 Å². The Morgan fingerprint density at radius 2 is 1.53 bits per heavy atom. The zero-order valence-corrected chi connectivity index (χ0v) is 12.8. The van der Waals surface area contributed by atoms with Crippen LogP contribution in [0.5, 0.6) is 0 Å². The molecule has 0 aromatic heterocycles. The molecule has 0 aliphatic rings. The summed E-state index contributed by atoms with van der Waals surface area (Å²) in [4.78, 5) is 23.9. The molecular weight excluding hydrogens is 242 g/mol. The number of rotatable bonds is 8. The van der Waals surface area contributed by atoms with E-state index in [1.807, 2.05) is 13.8 Å². The van der Waals surface area contributed by atoms with Gasteiger partial charge >= 0.3 is 0 Å². The molecule has 0 spiro atoms. The Labute approximate surface area is 116 Å². The average molecular weight is 271 g/mol. The molecule has 19 heavy (non-hydrogen) atoms. The van der Waals surface area contributed by atoms with Gasteiger partial charge in [0.05, 0.1) is 5.92 Å². The van der Waals surface area contributed by atoms with Crippen molar-refractivity contribution in [1.29, 1.82) is 0 Å². The third-order valence-corrected chi connectivity index (χ3v) is 3.00. The molecule has 0 rings (SSSR count). The van der Waals surface area contributed by atoms with Gasteiger partial charge in [0.2, 0.25) is 11.8 Å². The highest BCUT2D eigenvalue weighted by atomic mass is 16.2. The minimum atomic E-state index is -0.473. The Kier molecular flexibility index (Phi) is 8.39. The summed E-state index contributed by atoms with van der Waals surface area (Å²) in [7, 11) is 1.58. The monoisotopic (exact) mass is 271 g/mol. The minimum absolute atomic E-state index is 0.120. The molecule has 0 fully saturated rings. The Bertz CT molecular complexity index is 290. The topological polar surface area (TPSA) is 84.2 Å². The first-order valence-corrected chi connectivity index (χ1v) is 7.03. The van der Waals surface area contributed by atoms with E-state index >= 15 is 0 Å². The van der Waals surface area contributed by atoms with Gasteiger partial charge in [0.1, 0.15) is 6.04 Å². The van der Waals surface area contributed by atoms with Crippen LogP contribution in [-0.2, 0) is 9.59 Å². The number of hydrogen-bond acceptors (Lipinski definition) is 3. The van der Waals surface area contributed by atoms with E-state index in [9.17, 15) is 9.59 Å². The molecule has 2 atom stereocenters. The van der Waals surface area contributed by atoms with Crippen molar-refractivity contribution in [2.75, 3.05) is 13.6 Å². The van der Waals surface area contributed by atoms with Crippen molar-refractivity contribution in [2.24, 2.45) is 23.5 Å². The van der Waals surface area contributed by atoms with Gasteiger partial charge in [0.25, 0.3) is 0 Å². The Balaban J connectivity index is 4.63. The number of nitrogens with two attached hydrogens (primary N) is 1. The molecule has 2 unspecified atom stereocenters. The van der Waals surface area contributed by atoms with E-state index in [4.69, 9.17) is 5.73 Å². The van der Waals surface area contributed by atoms with Crippen molar-refractivity contribution in [2.45, 2.75) is 46.6 Å². The summed E-state index contributed by atoms with van der Waals surface area (Å²) >= 11 is 0. The highest BCUT2D eigenvalue weighted by molar-refractivity contribution is 5.88. The highest BCUT2D eigenvalue weighted by Gasteiger charge is 2.25. The quantitative estimate of drug-likeness (QED) is 0.613. The maximum absolute atomic E-state index is 12.2. The fourth-order valence-corrected chi connectivity index (χ4v) is 2.05. The molecule has 0 saturated carbocycles. The molecule has 0 aromatic carbocycles. The largest absolute Gasteiger partial charge is 0.357 e. The van der Waals surface area contributed by atoms with E-state index in [0.717, 1.165) is 6.42 Å². The predicted octanol–water partition coefficient (Wildman–Crippen LogP) is 0.884. The first kappa shape index (κ1) is 17.9. The van der Waals surface area contributed by atoms with Crippen molar-refractivity contribution < 1.29 is 9.59 Å². The lowest BCUT2D eigenvalue weighted by molar-refractivity contribution is -0.131. The molecule has 0 bridgehead atoms. The average Bonchev–Trinajstić information content (AvgIpc) is 2.33. The number of carbonyl (C=O) groups is 2. The Hall–Kier alpha value is -1.10. The number of nitrogens with one attached hydrogen (secondary N) is 2. The van der Waals surface area contributed by atoms with Gasteiger partial charge in [0.15, 0.2) is 0 Å². The van der Waals surface area contributed by atoms with Crippen LogP contribution in [0, 0.1) is 17.8 Å². The van der Waals surface area contributed by atoms with Gasteiger partial charge in [-0.05, 0) is 24.7 Å². The van der Waals surface area contributed by atoms with Gasteiger partial charge in [0, 0.05) is 13.6 Å². The molecule has 0 heterocycles. The maximum atomic E-state index is 12.2. The molecule has 0 aliphatic carbocycles. The van der Waals surface area contributed by atoms with Crippen molar-refractivity contribution in [3.63, 3.8) is 0 Å². The molecule has 5 heteroatoms. The standard InChI is InChI=1S/C14H29N3O2/c1-9(2)6-11(8-15)13(18)17-12(7-10(3)4)14(19)16-5/h9-12H,6-8,15H2,1-5H3,(H,16,19)(H,17,18). The highest BCUT2D eigenvalue weighted by Crippen LogP contribution is 2.12. The van der Waals surface area contributed by atoms with Crippen LogP contribution in [-0.4, -0.2) is 31.4 Å². The molecule has 2 amide bonds. The Morgan fingerprint density at radius 3 is 1.89 bits per heavy atom. The molecular formula is C14H29N3O2. The van der Waals surface area contributed by atoms with Crippen LogP contribution in [0.25, 0.3) is 0 Å². The van der Waals surface area contributed by atoms with Gasteiger partial charge < -0.3 is 16.4 Å². The lowest BCUT2D eigenvalue weighted by atomic mass is 9.95. The molecule has 112 valence electrons. The zero-order chi connectivity index (χ0) is 15.0. The van der Waals surface area contributed by atoms with E-state index in [1.54, 1.807) is 7.05 Å². The number of carbonyl (C=O) groups excluding carboxylic acids is 2. The number of amides is 2. The molecule has 0 aromatic rings. The van der Waals surface area contributed by atoms with E-state index < -0.39 is 6.04 Å². The third-order valence-electron chi connectivity index (χ3n) is 3.00. The van der Waals surface area contributed by atoms with E-state index in [-0.39, 0.29) is 17.7 Å². The molecule has 4 N–H and O–H groups in total. The van der Waals surface area contributed by atoms with Gasteiger partial charge in [-0.3, -0.25) is 9.59 Å². The summed E-state index contributed by atoms with van der Waals surface area (Å²) in [6.07, 6.45) is 1.37. The van der Waals surface area contributed by atoms with Crippen LogP contribution in [0.4, 0.5) is 0 Å². The van der Waals surface area contributed by atoms with Crippen LogP contribution in [0.3, 0.4) is 0 Å². The second-order valence-electron chi connectivity index (χ2n) is 5.87. The fourth-order valence-electron chi connectivity index (χ4n) is 2.05. The second kappa shape index (κ2) is 8.91. The van der Waals surface area contributed by atoms with E-state index in [2.05, 4.69) is 24.5 Å². The normalized spacial score (nSPS) is 14.3. The summed E-state index contributed by atoms with van der Waals surface area (Å²) < 4.78 is 0.